The zero-order valence-corrected chi connectivity index (χ0v) is 19.6. The van der Waals surface area contributed by atoms with E-state index in [9.17, 15) is 21.6 Å². The van der Waals surface area contributed by atoms with Crippen molar-refractivity contribution in [1.29, 1.82) is 0 Å². The molecule has 0 spiro atoms. The number of fused-ring (bicyclic) bond motifs is 1. The molecule has 0 radical (unpaired) electrons. The first-order valence-electron chi connectivity index (χ1n) is 10.0. The predicted molar refractivity (Wildman–Crippen MR) is 119 cm³/mol. The van der Waals surface area contributed by atoms with Gasteiger partial charge in [0, 0.05) is 16.4 Å². The molecule has 0 amide bonds. The molecule has 0 unspecified atom stereocenters. The van der Waals surface area contributed by atoms with Gasteiger partial charge in [0.05, 0.1) is 22.7 Å². The standard InChI is InChI=1S/C22H22BrF3N2O3S/c1-27-21(9-2-3-10-21)13-17-14-28(19-12-16(23)7-8-20(19)31-17)32(29,30)18-6-4-5-15(11-18)22(24,25)26/h2-8,11-12,17,27H,9-10,13-14H2,1H3/t17-/m0/s1. The highest BCUT2D eigenvalue weighted by Crippen LogP contribution is 2.41. The Morgan fingerprint density at radius 2 is 1.91 bits per heavy atom. The van der Waals surface area contributed by atoms with E-state index in [4.69, 9.17) is 4.74 Å². The summed E-state index contributed by atoms with van der Waals surface area (Å²) in [6, 6.07) is 8.82. The van der Waals surface area contributed by atoms with E-state index >= 15 is 0 Å². The van der Waals surface area contributed by atoms with Crippen LogP contribution in [0, 0.1) is 0 Å². The van der Waals surface area contributed by atoms with Gasteiger partial charge in [-0.25, -0.2) is 8.42 Å². The number of halogens is 4. The van der Waals surface area contributed by atoms with Crippen LogP contribution >= 0.6 is 15.9 Å². The lowest BCUT2D eigenvalue weighted by Gasteiger charge is -2.39. The highest BCUT2D eigenvalue weighted by atomic mass is 79.9. The fraction of sp³-hybridized carbons (Fsp3) is 0.364. The summed E-state index contributed by atoms with van der Waals surface area (Å²) in [4.78, 5) is -0.412. The Kier molecular flexibility index (Phi) is 6.06. The van der Waals surface area contributed by atoms with Crippen molar-refractivity contribution >= 4 is 31.6 Å². The molecule has 0 aromatic heterocycles. The van der Waals surface area contributed by atoms with E-state index in [1.165, 1.54) is 6.07 Å². The third-order valence-electron chi connectivity index (χ3n) is 5.93. The molecule has 5 nitrogen and oxygen atoms in total. The molecule has 1 heterocycles. The van der Waals surface area contributed by atoms with E-state index in [0.29, 0.717) is 22.7 Å². The van der Waals surface area contributed by atoms with E-state index in [0.717, 1.165) is 29.3 Å². The fourth-order valence-electron chi connectivity index (χ4n) is 4.19. The summed E-state index contributed by atoms with van der Waals surface area (Å²) >= 11 is 3.34. The van der Waals surface area contributed by atoms with Gasteiger partial charge in [0.2, 0.25) is 0 Å². The van der Waals surface area contributed by atoms with Crippen LogP contribution < -0.4 is 14.4 Å². The summed E-state index contributed by atoms with van der Waals surface area (Å²) in [7, 11) is -2.41. The van der Waals surface area contributed by atoms with Crippen LogP contribution in [0.1, 0.15) is 24.8 Å². The van der Waals surface area contributed by atoms with Crippen molar-refractivity contribution in [3.63, 3.8) is 0 Å². The highest BCUT2D eigenvalue weighted by Gasteiger charge is 2.40. The number of alkyl halides is 3. The van der Waals surface area contributed by atoms with Crippen molar-refractivity contribution in [3.8, 4) is 5.75 Å². The normalized spacial score (nSPS) is 20.2. The second kappa shape index (κ2) is 8.39. The molecule has 1 aliphatic heterocycles. The molecule has 1 atom stereocenters. The summed E-state index contributed by atoms with van der Waals surface area (Å²) in [5, 5.41) is 3.32. The maximum atomic E-state index is 13.5. The van der Waals surface area contributed by atoms with Gasteiger partial charge in [-0.2, -0.15) is 13.2 Å². The minimum Gasteiger partial charge on any atom is -0.486 e. The molecule has 2 aromatic rings. The Hall–Kier alpha value is -2.04. The van der Waals surface area contributed by atoms with Gasteiger partial charge in [-0.15, -0.1) is 0 Å². The molecule has 2 aromatic carbocycles. The Morgan fingerprint density at radius 3 is 2.56 bits per heavy atom. The minimum absolute atomic E-state index is 0.00847. The van der Waals surface area contributed by atoms with Crippen molar-refractivity contribution in [2.45, 2.75) is 42.0 Å². The maximum Gasteiger partial charge on any atom is 0.416 e. The van der Waals surface area contributed by atoms with Crippen LogP contribution in [-0.4, -0.2) is 33.7 Å². The molecular formula is C22H22BrF3N2O3S. The second-order valence-corrected chi connectivity index (χ2v) is 10.8. The van der Waals surface area contributed by atoms with Crippen molar-refractivity contribution in [1.82, 2.24) is 5.32 Å². The fourth-order valence-corrected chi connectivity index (χ4v) is 6.08. The van der Waals surface area contributed by atoms with Gasteiger partial charge in [-0.1, -0.05) is 34.1 Å². The van der Waals surface area contributed by atoms with Crippen LogP contribution in [0.2, 0.25) is 0 Å². The number of nitrogens with one attached hydrogen (secondary N) is 1. The van der Waals surface area contributed by atoms with Crippen LogP contribution in [0.15, 0.2) is 64.0 Å². The molecule has 1 aliphatic carbocycles. The first-order valence-corrected chi connectivity index (χ1v) is 12.3. The van der Waals surface area contributed by atoms with Crippen LogP contribution in [0.5, 0.6) is 5.75 Å². The molecule has 0 saturated carbocycles. The van der Waals surface area contributed by atoms with E-state index in [-0.39, 0.29) is 17.8 Å². The lowest BCUT2D eigenvalue weighted by molar-refractivity contribution is -0.137. The van der Waals surface area contributed by atoms with Crippen LogP contribution in [-0.2, 0) is 16.2 Å². The number of anilines is 1. The highest BCUT2D eigenvalue weighted by molar-refractivity contribution is 9.10. The average Bonchev–Trinajstić information content (AvgIpc) is 3.22. The Labute approximate surface area is 193 Å². The topological polar surface area (TPSA) is 58.6 Å². The lowest BCUT2D eigenvalue weighted by Crippen LogP contribution is -2.50. The predicted octanol–water partition coefficient (Wildman–Crippen LogP) is 5.12. The summed E-state index contributed by atoms with van der Waals surface area (Å²) in [5.41, 5.74) is -0.969. The quantitative estimate of drug-likeness (QED) is 0.545. The smallest absolute Gasteiger partial charge is 0.416 e. The number of ether oxygens (including phenoxy) is 1. The first-order chi connectivity index (χ1) is 15.0. The lowest BCUT2D eigenvalue weighted by atomic mass is 9.89. The molecule has 4 rings (SSSR count). The number of benzene rings is 2. The summed E-state index contributed by atoms with van der Waals surface area (Å²) in [6.07, 6.45) is 1.14. The Bertz CT molecular complexity index is 1140. The Morgan fingerprint density at radius 1 is 1.19 bits per heavy atom. The van der Waals surface area contributed by atoms with E-state index in [2.05, 4.69) is 33.4 Å². The van der Waals surface area contributed by atoms with Crippen molar-refractivity contribution in [2.24, 2.45) is 0 Å². The van der Waals surface area contributed by atoms with Crippen molar-refractivity contribution in [3.05, 3.63) is 64.7 Å². The number of hydrogen-bond donors (Lipinski definition) is 1. The van der Waals surface area contributed by atoms with Crippen LogP contribution in [0.4, 0.5) is 18.9 Å². The molecule has 10 heteroatoms. The van der Waals surface area contributed by atoms with Gasteiger partial charge >= 0.3 is 6.18 Å². The monoisotopic (exact) mass is 530 g/mol. The molecule has 0 bridgehead atoms. The van der Waals surface area contributed by atoms with Gasteiger partial charge < -0.3 is 10.1 Å². The third-order valence-corrected chi connectivity index (χ3v) is 8.20. The van der Waals surface area contributed by atoms with Crippen molar-refractivity contribution in [2.75, 3.05) is 17.9 Å². The number of nitrogens with zero attached hydrogens (tertiary/aromatic N) is 1. The van der Waals surface area contributed by atoms with E-state index < -0.39 is 32.8 Å². The summed E-state index contributed by atoms with van der Waals surface area (Å²) in [5.74, 6) is 0.372. The second-order valence-electron chi connectivity index (χ2n) is 8.03. The van der Waals surface area contributed by atoms with E-state index in [1.807, 2.05) is 7.05 Å². The first kappa shape index (κ1) is 23.1. The van der Waals surface area contributed by atoms with Gasteiger partial charge in [-0.3, -0.25) is 4.31 Å². The maximum absolute atomic E-state index is 13.5. The molecule has 2 aliphatic rings. The third kappa shape index (κ3) is 4.40. The minimum atomic E-state index is -4.64. The largest absolute Gasteiger partial charge is 0.486 e. The summed E-state index contributed by atoms with van der Waals surface area (Å²) in [6.45, 7) is -0.00847. The summed E-state index contributed by atoms with van der Waals surface area (Å²) < 4.78 is 74.6. The molecule has 1 N–H and O–H groups in total. The molecule has 172 valence electrons. The Balaban J connectivity index is 1.73. The molecular weight excluding hydrogens is 509 g/mol. The average molecular weight is 531 g/mol. The van der Waals surface area contributed by atoms with E-state index in [1.54, 1.807) is 18.2 Å². The van der Waals surface area contributed by atoms with Gasteiger partial charge in [-0.05, 0) is 56.3 Å². The van der Waals surface area contributed by atoms with Gasteiger partial charge in [0.25, 0.3) is 10.0 Å². The molecule has 0 fully saturated rings. The number of rotatable bonds is 5. The SMILES string of the molecule is CNC1(C[C@H]2CN(S(=O)(=O)c3cccc(C(F)(F)F)c3)c3cc(Br)ccc3O2)CC=CC1. The van der Waals surface area contributed by atoms with Gasteiger partial charge in [0.15, 0.2) is 0 Å². The van der Waals surface area contributed by atoms with Gasteiger partial charge in [0.1, 0.15) is 11.9 Å². The van der Waals surface area contributed by atoms with Crippen LogP contribution in [0.25, 0.3) is 0 Å². The zero-order valence-electron chi connectivity index (χ0n) is 17.2. The van der Waals surface area contributed by atoms with Crippen LogP contribution in [0.3, 0.4) is 0 Å². The number of sulfonamides is 1. The van der Waals surface area contributed by atoms with Crippen molar-refractivity contribution < 1.29 is 26.3 Å². The number of hydrogen-bond acceptors (Lipinski definition) is 4. The molecule has 32 heavy (non-hydrogen) atoms. The molecule has 0 saturated heterocycles. The zero-order chi connectivity index (χ0) is 23.1.